The molecule has 4 nitrogen and oxygen atoms in total. The zero-order valence-electron chi connectivity index (χ0n) is 16.7. The number of carbonyl (C=O) groups excluding carboxylic acids is 2. The highest BCUT2D eigenvalue weighted by Gasteiger charge is 2.30. The van der Waals surface area contributed by atoms with Gasteiger partial charge in [0.15, 0.2) is 0 Å². The zero-order chi connectivity index (χ0) is 19.8. The lowest BCUT2D eigenvalue weighted by atomic mass is 9.72. The zero-order valence-corrected chi connectivity index (χ0v) is 17.5. The lowest BCUT2D eigenvalue weighted by Crippen LogP contribution is -2.26. The Hall–Kier alpha value is -2.14. The normalized spacial score (nSPS) is 16.6. The van der Waals surface area contributed by atoms with Crippen LogP contribution in [0.25, 0.3) is 0 Å². The molecule has 2 amide bonds. The fraction of sp³-hybridized carbons (Fsp3) is 0.455. The van der Waals surface area contributed by atoms with Gasteiger partial charge >= 0.3 is 0 Å². The Kier molecular flexibility index (Phi) is 5.43. The van der Waals surface area contributed by atoms with E-state index in [1.807, 2.05) is 6.92 Å². The molecular weight excluding hydrogens is 356 g/mol. The van der Waals surface area contributed by atoms with Crippen LogP contribution in [0.2, 0.25) is 0 Å². The van der Waals surface area contributed by atoms with E-state index in [1.54, 1.807) is 36.6 Å². The Labute approximate surface area is 165 Å². The number of benzene rings is 1. The van der Waals surface area contributed by atoms with Gasteiger partial charge in [0.05, 0.1) is 4.88 Å². The minimum Gasteiger partial charge on any atom is -0.355 e. The van der Waals surface area contributed by atoms with Crippen molar-refractivity contribution >= 4 is 28.8 Å². The van der Waals surface area contributed by atoms with Gasteiger partial charge in [0.25, 0.3) is 11.8 Å². The molecular formula is C22H28N2O2S. The molecule has 0 unspecified atom stereocenters. The smallest absolute Gasteiger partial charge is 0.265 e. The Morgan fingerprint density at radius 1 is 1.15 bits per heavy atom. The van der Waals surface area contributed by atoms with E-state index < -0.39 is 0 Å². The first-order valence-corrected chi connectivity index (χ1v) is 10.3. The molecule has 2 N–H and O–H groups in total. The topological polar surface area (TPSA) is 58.2 Å². The van der Waals surface area contributed by atoms with Gasteiger partial charge in [0.1, 0.15) is 0 Å². The Balaban J connectivity index is 1.75. The number of aryl methyl sites for hydroxylation is 2. The number of thiophene rings is 1. The minimum absolute atomic E-state index is 0.0718. The summed E-state index contributed by atoms with van der Waals surface area (Å²) in [5.41, 5.74) is 3.84. The van der Waals surface area contributed by atoms with Gasteiger partial charge in [-0.3, -0.25) is 9.59 Å². The number of hydrogen-bond acceptors (Lipinski definition) is 3. The third-order valence-electron chi connectivity index (χ3n) is 5.50. The van der Waals surface area contributed by atoms with Crippen LogP contribution < -0.4 is 10.6 Å². The van der Waals surface area contributed by atoms with Crippen LogP contribution in [0.4, 0.5) is 5.69 Å². The van der Waals surface area contributed by atoms with Gasteiger partial charge in [0.2, 0.25) is 0 Å². The summed E-state index contributed by atoms with van der Waals surface area (Å²) < 4.78 is 0. The standard InChI is InChI=1S/C22H28N2O2S/c1-13-10-14(20(25)23-5)6-8-17(13)24-21(26)19-12-15-11-16(22(2,3)4)7-9-18(15)27-19/h6,8,10,12,16H,7,9,11H2,1-5H3,(H,23,25)(H,24,26)/t16-/m0/s1. The van der Waals surface area contributed by atoms with Gasteiger partial charge in [-0.2, -0.15) is 0 Å². The van der Waals surface area contributed by atoms with Crippen molar-refractivity contribution in [3.8, 4) is 0 Å². The summed E-state index contributed by atoms with van der Waals surface area (Å²) in [7, 11) is 1.61. The van der Waals surface area contributed by atoms with E-state index in [9.17, 15) is 9.59 Å². The predicted octanol–water partition coefficient (Wildman–Crippen LogP) is 4.82. The molecule has 1 aliphatic rings. The summed E-state index contributed by atoms with van der Waals surface area (Å²) in [5, 5.41) is 5.61. The number of anilines is 1. The third kappa shape index (κ3) is 4.24. The number of carbonyl (C=O) groups is 2. The second-order valence-corrected chi connectivity index (χ2v) is 9.56. The van der Waals surface area contributed by atoms with E-state index in [1.165, 1.54) is 16.9 Å². The summed E-state index contributed by atoms with van der Waals surface area (Å²) in [6.07, 6.45) is 3.32. The molecule has 0 saturated heterocycles. The second-order valence-electron chi connectivity index (χ2n) is 8.43. The molecule has 144 valence electrons. The average molecular weight is 385 g/mol. The fourth-order valence-corrected chi connectivity index (χ4v) is 4.75. The highest BCUT2D eigenvalue weighted by molar-refractivity contribution is 7.14. The molecule has 3 rings (SSSR count). The Bertz CT molecular complexity index is 877. The monoisotopic (exact) mass is 384 g/mol. The predicted molar refractivity (Wildman–Crippen MR) is 112 cm³/mol. The summed E-state index contributed by atoms with van der Waals surface area (Å²) in [6, 6.07) is 7.39. The SMILES string of the molecule is CNC(=O)c1ccc(NC(=O)c2cc3c(s2)CC[C@H](C(C)(C)C)C3)c(C)c1. The lowest BCUT2D eigenvalue weighted by molar-refractivity contribution is 0.0962. The molecule has 1 atom stereocenters. The maximum Gasteiger partial charge on any atom is 0.265 e. The number of hydrogen-bond donors (Lipinski definition) is 2. The van der Waals surface area contributed by atoms with Crippen LogP contribution in [0.5, 0.6) is 0 Å². The molecule has 0 radical (unpaired) electrons. The molecule has 1 aromatic heterocycles. The number of nitrogens with one attached hydrogen (secondary N) is 2. The molecule has 0 spiro atoms. The Morgan fingerprint density at radius 2 is 1.89 bits per heavy atom. The van der Waals surface area contributed by atoms with Crippen molar-refractivity contribution in [3.05, 3.63) is 50.7 Å². The molecule has 0 bridgehead atoms. The van der Waals surface area contributed by atoms with Crippen LogP contribution in [-0.2, 0) is 12.8 Å². The van der Waals surface area contributed by atoms with Crippen LogP contribution in [0, 0.1) is 18.3 Å². The van der Waals surface area contributed by atoms with Gasteiger partial charge in [0, 0.05) is 23.2 Å². The molecule has 27 heavy (non-hydrogen) atoms. The van der Waals surface area contributed by atoms with Gasteiger partial charge in [-0.25, -0.2) is 0 Å². The maximum atomic E-state index is 12.8. The first-order valence-electron chi connectivity index (χ1n) is 9.44. The minimum atomic E-state index is -0.129. The molecule has 1 heterocycles. The van der Waals surface area contributed by atoms with Gasteiger partial charge in [-0.15, -0.1) is 11.3 Å². The third-order valence-corrected chi connectivity index (χ3v) is 6.73. The van der Waals surface area contributed by atoms with E-state index in [0.29, 0.717) is 16.9 Å². The molecule has 0 fully saturated rings. The highest BCUT2D eigenvalue weighted by atomic mass is 32.1. The molecule has 1 aromatic carbocycles. The summed E-state index contributed by atoms with van der Waals surface area (Å²) in [4.78, 5) is 26.6. The number of amides is 2. The summed E-state index contributed by atoms with van der Waals surface area (Å²) in [6.45, 7) is 8.80. The van der Waals surface area contributed by atoms with Crippen LogP contribution in [0.15, 0.2) is 24.3 Å². The molecule has 0 aliphatic heterocycles. The second kappa shape index (κ2) is 7.47. The molecule has 1 aliphatic carbocycles. The van der Waals surface area contributed by atoms with Crippen molar-refractivity contribution in [2.24, 2.45) is 11.3 Å². The largest absolute Gasteiger partial charge is 0.355 e. The van der Waals surface area contributed by atoms with Crippen molar-refractivity contribution in [1.82, 2.24) is 5.32 Å². The van der Waals surface area contributed by atoms with Crippen LogP contribution in [-0.4, -0.2) is 18.9 Å². The lowest BCUT2D eigenvalue weighted by Gasteiger charge is -2.33. The van der Waals surface area contributed by atoms with E-state index in [0.717, 1.165) is 29.0 Å². The maximum absolute atomic E-state index is 12.8. The van der Waals surface area contributed by atoms with E-state index in [2.05, 4.69) is 37.5 Å². The van der Waals surface area contributed by atoms with Crippen molar-refractivity contribution in [2.75, 3.05) is 12.4 Å². The van der Waals surface area contributed by atoms with Gasteiger partial charge in [-0.05, 0) is 72.9 Å². The molecule has 2 aromatic rings. The fourth-order valence-electron chi connectivity index (χ4n) is 3.65. The van der Waals surface area contributed by atoms with Crippen LogP contribution in [0.1, 0.15) is 63.2 Å². The van der Waals surface area contributed by atoms with E-state index in [4.69, 9.17) is 0 Å². The van der Waals surface area contributed by atoms with Crippen LogP contribution in [0.3, 0.4) is 0 Å². The summed E-state index contributed by atoms with van der Waals surface area (Å²) >= 11 is 1.62. The quantitative estimate of drug-likeness (QED) is 0.797. The summed E-state index contributed by atoms with van der Waals surface area (Å²) in [5.74, 6) is 0.461. The van der Waals surface area contributed by atoms with Crippen molar-refractivity contribution in [2.45, 2.75) is 47.0 Å². The van der Waals surface area contributed by atoms with Crippen molar-refractivity contribution in [1.29, 1.82) is 0 Å². The molecule has 0 saturated carbocycles. The van der Waals surface area contributed by atoms with Gasteiger partial charge in [-0.1, -0.05) is 20.8 Å². The van der Waals surface area contributed by atoms with Crippen molar-refractivity contribution in [3.63, 3.8) is 0 Å². The highest BCUT2D eigenvalue weighted by Crippen LogP contribution is 2.40. The van der Waals surface area contributed by atoms with E-state index in [-0.39, 0.29) is 11.8 Å². The number of rotatable bonds is 3. The first-order chi connectivity index (χ1) is 12.7. The van der Waals surface area contributed by atoms with Gasteiger partial charge < -0.3 is 10.6 Å². The first kappa shape index (κ1) is 19.6. The average Bonchev–Trinajstić information content (AvgIpc) is 3.05. The van der Waals surface area contributed by atoms with Crippen molar-refractivity contribution < 1.29 is 9.59 Å². The Morgan fingerprint density at radius 3 is 2.52 bits per heavy atom. The molecule has 5 heteroatoms. The van der Waals surface area contributed by atoms with Crippen LogP contribution >= 0.6 is 11.3 Å². The number of fused-ring (bicyclic) bond motifs is 1. The van der Waals surface area contributed by atoms with E-state index >= 15 is 0 Å².